The summed E-state index contributed by atoms with van der Waals surface area (Å²) in [5.74, 6) is -0.334. The van der Waals surface area contributed by atoms with Crippen LogP contribution < -0.4 is 16.4 Å². The second-order valence-corrected chi connectivity index (χ2v) is 4.65. The molecule has 3 amide bonds. The molecule has 1 atom stereocenters. The van der Waals surface area contributed by atoms with Gasteiger partial charge < -0.3 is 21.1 Å². The number of hydrogen-bond donors (Lipinski definition) is 3. The Balaban J connectivity index is 2.52. The lowest BCUT2D eigenvalue weighted by molar-refractivity contribution is -0.123. The normalized spacial score (nSPS) is 11.5. The van der Waals surface area contributed by atoms with Crippen molar-refractivity contribution in [1.29, 1.82) is 0 Å². The minimum atomic E-state index is -0.815. The molecule has 0 spiro atoms. The van der Waals surface area contributed by atoms with Crippen LogP contribution in [0.2, 0.25) is 0 Å². The van der Waals surface area contributed by atoms with Crippen molar-refractivity contribution in [3.05, 3.63) is 48.0 Å². The predicted octanol–water partition coefficient (Wildman–Crippen LogP) is 1.10. The molecule has 4 N–H and O–H groups in total. The molecule has 1 rings (SSSR count). The van der Waals surface area contributed by atoms with Crippen LogP contribution in [0.4, 0.5) is 4.79 Å². The summed E-state index contributed by atoms with van der Waals surface area (Å²) in [6.45, 7) is 6.75. The summed E-state index contributed by atoms with van der Waals surface area (Å²) in [6, 6.07) is 7.33. The first-order valence-electron chi connectivity index (χ1n) is 6.61. The van der Waals surface area contributed by atoms with E-state index in [2.05, 4.69) is 17.2 Å². The summed E-state index contributed by atoms with van der Waals surface area (Å²) >= 11 is 0. The van der Waals surface area contributed by atoms with Crippen molar-refractivity contribution in [2.75, 3.05) is 19.8 Å². The fourth-order valence-electron chi connectivity index (χ4n) is 1.68. The van der Waals surface area contributed by atoms with E-state index in [0.29, 0.717) is 25.3 Å². The largest absolute Gasteiger partial charge is 0.375 e. The standard InChI is InChI=1S/C15H21N3O3/c1-11(2)10-21-9-8-17-14(19)13(18-15(16)20)12-6-4-3-5-7-12/h3-7,13H,1,8-10H2,2H3,(H,17,19)(H3,16,18,20). The first kappa shape index (κ1) is 16.7. The van der Waals surface area contributed by atoms with Crippen LogP contribution in [0.3, 0.4) is 0 Å². The van der Waals surface area contributed by atoms with Crippen molar-refractivity contribution in [1.82, 2.24) is 10.6 Å². The molecular formula is C15H21N3O3. The molecule has 114 valence electrons. The molecule has 0 saturated heterocycles. The highest BCUT2D eigenvalue weighted by Gasteiger charge is 2.21. The monoisotopic (exact) mass is 291 g/mol. The number of urea groups is 1. The highest BCUT2D eigenvalue weighted by atomic mass is 16.5. The second kappa shape index (κ2) is 8.76. The number of nitrogens with two attached hydrogens (primary N) is 1. The van der Waals surface area contributed by atoms with Gasteiger partial charge in [-0.1, -0.05) is 42.5 Å². The molecule has 0 aliphatic heterocycles. The fourth-order valence-corrected chi connectivity index (χ4v) is 1.68. The molecule has 0 saturated carbocycles. The Morgan fingerprint density at radius 2 is 2.00 bits per heavy atom. The predicted molar refractivity (Wildman–Crippen MR) is 80.5 cm³/mol. The molecule has 21 heavy (non-hydrogen) atoms. The van der Waals surface area contributed by atoms with E-state index in [1.807, 2.05) is 13.0 Å². The summed E-state index contributed by atoms with van der Waals surface area (Å²) < 4.78 is 5.29. The average molecular weight is 291 g/mol. The smallest absolute Gasteiger partial charge is 0.313 e. The van der Waals surface area contributed by atoms with Crippen LogP contribution in [0.25, 0.3) is 0 Å². The van der Waals surface area contributed by atoms with Crippen LogP contribution >= 0.6 is 0 Å². The van der Waals surface area contributed by atoms with Gasteiger partial charge in [0.05, 0.1) is 13.2 Å². The van der Waals surface area contributed by atoms with E-state index >= 15 is 0 Å². The third-order valence-corrected chi connectivity index (χ3v) is 2.58. The number of primary amides is 1. The van der Waals surface area contributed by atoms with Crippen molar-refractivity contribution in [2.24, 2.45) is 5.73 Å². The quantitative estimate of drug-likeness (QED) is 0.494. The van der Waals surface area contributed by atoms with Gasteiger partial charge in [0.2, 0.25) is 5.91 Å². The number of carbonyl (C=O) groups excluding carboxylic acids is 2. The molecule has 0 radical (unpaired) electrons. The van der Waals surface area contributed by atoms with Gasteiger partial charge in [-0.25, -0.2) is 4.79 Å². The maximum Gasteiger partial charge on any atom is 0.313 e. The molecule has 6 nitrogen and oxygen atoms in total. The lowest BCUT2D eigenvalue weighted by Crippen LogP contribution is -2.43. The van der Waals surface area contributed by atoms with Gasteiger partial charge in [0.1, 0.15) is 6.04 Å². The summed E-state index contributed by atoms with van der Waals surface area (Å²) in [6.07, 6.45) is 0. The minimum Gasteiger partial charge on any atom is -0.375 e. The molecule has 0 aromatic heterocycles. The Morgan fingerprint density at radius 3 is 2.57 bits per heavy atom. The molecule has 0 bridgehead atoms. The van der Waals surface area contributed by atoms with Gasteiger partial charge in [0.25, 0.3) is 0 Å². The second-order valence-electron chi connectivity index (χ2n) is 4.65. The molecule has 1 aromatic carbocycles. The van der Waals surface area contributed by atoms with Crippen molar-refractivity contribution in [2.45, 2.75) is 13.0 Å². The van der Waals surface area contributed by atoms with E-state index in [1.54, 1.807) is 24.3 Å². The van der Waals surface area contributed by atoms with Crippen LogP contribution in [0, 0.1) is 0 Å². The van der Waals surface area contributed by atoms with Crippen LogP contribution in [0.5, 0.6) is 0 Å². The SMILES string of the molecule is C=C(C)COCCNC(=O)C(NC(N)=O)c1ccccc1. The van der Waals surface area contributed by atoms with Gasteiger partial charge in [-0.05, 0) is 12.5 Å². The number of hydrogen-bond acceptors (Lipinski definition) is 3. The van der Waals surface area contributed by atoms with Gasteiger partial charge in [-0.15, -0.1) is 0 Å². The van der Waals surface area contributed by atoms with Crippen molar-refractivity contribution >= 4 is 11.9 Å². The summed E-state index contributed by atoms with van der Waals surface area (Å²) in [4.78, 5) is 23.2. The van der Waals surface area contributed by atoms with Gasteiger partial charge in [0, 0.05) is 6.54 Å². The zero-order chi connectivity index (χ0) is 15.7. The highest BCUT2D eigenvalue weighted by molar-refractivity contribution is 5.87. The summed E-state index contributed by atoms with van der Waals surface area (Å²) in [5, 5.41) is 5.12. The first-order chi connectivity index (χ1) is 10.0. The molecule has 0 aliphatic carbocycles. The van der Waals surface area contributed by atoms with Crippen LogP contribution in [0.15, 0.2) is 42.5 Å². The molecular weight excluding hydrogens is 270 g/mol. The number of nitrogens with one attached hydrogen (secondary N) is 2. The Kier molecular flexibility index (Phi) is 6.97. The highest BCUT2D eigenvalue weighted by Crippen LogP contribution is 2.12. The molecule has 0 aliphatic rings. The maximum atomic E-state index is 12.1. The lowest BCUT2D eigenvalue weighted by Gasteiger charge is -2.17. The molecule has 6 heteroatoms. The number of rotatable bonds is 8. The van der Waals surface area contributed by atoms with Crippen molar-refractivity contribution < 1.29 is 14.3 Å². The third-order valence-electron chi connectivity index (χ3n) is 2.58. The van der Waals surface area contributed by atoms with E-state index in [1.165, 1.54) is 0 Å². The average Bonchev–Trinajstić information content (AvgIpc) is 2.44. The van der Waals surface area contributed by atoms with E-state index in [0.717, 1.165) is 5.57 Å². The van der Waals surface area contributed by atoms with Crippen LogP contribution in [-0.4, -0.2) is 31.7 Å². The van der Waals surface area contributed by atoms with E-state index < -0.39 is 12.1 Å². The van der Waals surface area contributed by atoms with E-state index in [9.17, 15) is 9.59 Å². The Morgan fingerprint density at radius 1 is 1.33 bits per heavy atom. The van der Waals surface area contributed by atoms with Crippen molar-refractivity contribution in [3.8, 4) is 0 Å². The zero-order valence-electron chi connectivity index (χ0n) is 12.1. The third kappa shape index (κ3) is 6.58. The van der Waals surface area contributed by atoms with E-state index in [-0.39, 0.29) is 5.91 Å². The lowest BCUT2D eigenvalue weighted by atomic mass is 10.1. The first-order valence-corrected chi connectivity index (χ1v) is 6.61. The number of amides is 3. The number of benzene rings is 1. The van der Waals surface area contributed by atoms with Gasteiger partial charge >= 0.3 is 6.03 Å². The van der Waals surface area contributed by atoms with Gasteiger partial charge in [-0.2, -0.15) is 0 Å². The summed E-state index contributed by atoms with van der Waals surface area (Å²) in [7, 11) is 0. The van der Waals surface area contributed by atoms with Crippen LogP contribution in [0.1, 0.15) is 18.5 Å². The Bertz CT molecular complexity index is 488. The van der Waals surface area contributed by atoms with Gasteiger partial charge in [-0.3, -0.25) is 4.79 Å². The number of ether oxygens (including phenoxy) is 1. The van der Waals surface area contributed by atoms with E-state index in [4.69, 9.17) is 10.5 Å². The van der Waals surface area contributed by atoms with Crippen molar-refractivity contribution in [3.63, 3.8) is 0 Å². The maximum absolute atomic E-state index is 12.1. The molecule has 1 aromatic rings. The Labute approximate surface area is 124 Å². The fraction of sp³-hybridized carbons (Fsp3) is 0.333. The van der Waals surface area contributed by atoms with Crippen LogP contribution in [-0.2, 0) is 9.53 Å². The topological polar surface area (TPSA) is 93.4 Å². The Hall–Kier alpha value is -2.34. The van der Waals surface area contributed by atoms with Gasteiger partial charge in [0.15, 0.2) is 0 Å². The minimum absolute atomic E-state index is 0.334. The summed E-state index contributed by atoms with van der Waals surface area (Å²) in [5.41, 5.74) is 6.69. The zero-order valence-corrected chi connectivity index (χ0v) is 12.1. The number of carbonyl (C=O) groups is 2. The molecule has 0 fully saturated rings. The molecule has 0 heterocycles. The molecule has 1 unspecified atom stereocenters.